The maximum absolute atomic E-state index is 11.1. The van der Waals surface area contributed by atoms with Gasteiger partial charge in [0.25, 0.3) is 0 Å². The molecular weight excluding hydrogens is 282 g/mol. The first kappa shape index (κ1) is 16.6. The normalized spacial score (nSPS) is 22.3. The molecule has 1 aliphatic heterocycles. The Balaban J connectivity index is 2.04. The summed E-state index contributed by atoms with van der Waals surface area (Å²) < 4.78 is 10.6. The molecule has 1 fully saturated rings. The van der Waals surface area contributed by atoms with Crippen LogP contribution in [0.2, 0.25) is 0 Å². The first-order valence-electron chi connectivity index (χ1n) is 7.49. The largest absolute Gasteiger partial charge is 0.493 e. The summed E-state index contributed by atoms with van der Waals surface area (Å²) in [6.45, 7) is 1.84. The number of methoxy groups -OCH3 is 2. The Morgan fingerprint density at radius 3 is 2.64 bits per heavy atom. The number of ether oxygens (including phenoxy) is 2. The van der Waals surface area contributed by atoms with E-state index in [9.17, 15) is 4.79 Å². The molecule has 0 saturated carbocycles. The van der Waals surface area contributed by atoms with Crippen LogP contribution in [-0.4, -0.2) is 50.7 Å². The number of nitrogens with two attached hydrogens (primary N) is 2. The SMILES string of the molecule is COc1ccc(CC2CC(N)CN(CC(N)=O)C2)cc1OC. The average molecular weight is 307 g/mol. The molecule has 0 aromatic heterocycles. The maximum atomic E-state index is 11.1. The van der Waals surface area contributed by atoms with Gasteiger partial charge in [0.05, 0.1) is 20.8 Å². The van der Waals surface area contributed by atoms with Crippen molar-refractivity contribution < 1.29 is 14.3 Å². The lowest BCUT2D eigenvalue weighted by Gasteiger charge is -2.35. The van der Waals surface area contributed by atoms with E-state index in [2.05, 4.69) is 0 Å². The number of hydrogen-bond acceptors (Lipinski definition) is 5. The van der Waals surface area contributed by atoms with Crippen LogP contribution in [0.4, 0.5) is 0 Å². The minimum atomic E-state index is -0.307. The fourth-order valence-electron chi connectivity index (χ4n) is 3.19. The van der Waals surface area contributed by atoms with Gasteiger partial charge in [-0.3, -0.25) is 9.69 Å². The molecule has 1 aromatic carbocycles. The van der Waals surface area contributed by atoms with E-state index in [1.54, 1.807) is 14.2 Å². The monoisotopic (exact) mass is 307 g/mol. The first-order chi connectivity index (χ1) is 10.5. The molecule has 22 heavy (non-hydrogen) atoms. The van der Waals surface area contributed by atoms with Crippen molar-refractivity contribution in [3.8, 4) is 11.5 Å². The van der Waals surface area contributed by atoms with Crippen molar-refractivity contribution in [2.45, 2.75) is 18.9 Å². The van der Waals surface area contributed by atoms with Crippen LogP contribution in [0.15, 0.2) is 18.2 Å². The van der Waals surface area contributed by atoms with Gasteiger partial charge in [0, 0.05) is 19.1 Å². The second-order valence-corrected chi connectivity index (χ2v) is 5.92. The molecule has 6 heteroatoms. The summed E-state index contributed by atoms with van der Waals surface area (Å²) >= 11 is 0. The van der Waals surface area contributed by atoms with E-state index in [4.69, 9.17) is 20.9 Å². The molecule has 2 atom stereocenters. The van der Waals surface area contributed by atoms with E-state index in [1.165, 1.54) is 5.56 Å². The van der Waals surface area contributed by atoms with Crippen molar-refractivity contribution >= 4 is 5.91 Å². The van der Waals surface area contributed by atoms with E-state index < -0.39 is 0 Å². The van der Waals surface area contributed by atoms with Crippen molar-refractivity contribution in [2.24, 2.45) is 17.4 Å². The lowest BCUT2D eigenvalue weighted by Crippen LogP contribution is -2.49. The van der Waals surface area contributed by atoms with Gasteiger partial charge in [0.2, 0.25) is 5.91 Å². The highest BCUT2D eigenvalue weighted by Crippen LogP contribution is 2.29. The zero-order valence-corrected chi connectivity index (χ0v) is 13.2. The summed E-state index contributed by atoms with van der Waals surface area (Å²) in [5, 5.41) is 0. The summed E-state index contributed by atoms with van der Waals surface area (Å²) in [5.74, 6) is 1.55. The van der Waals surface area contributed by atoms with Gasteiger partial charge in [-0.15, -0.1) is 0 Å². The molecule has 2 rings (SSSR count). The van der Waals surface area contributed by atoms with Crippen LogP contribution < -0.4 is 20.9 Å². The number of amides is 1. The van der Waals surface area contributed by atoms with E-state index in [0.29, 0.717) is 5.92 Å². The molecule has 0 spiro atoms. The molecule has 6 nitrogen and oxygen atoms in total. The Morgan fingerprint density at radius 2 is 2.00 bits per heavy atom. The second kappa shape index (κ2) is 7.47. The topological polar surface area (TPSA) is 90.8 Å². The molecule has 2 unspecified atom stereocenters. The molecule has 1 aromatic rings. The molecule has 0 radical (unpaired) electrons. The zero-order chi connectivity index (χ0) is 16.1. The molecular formula is C16H25N3O3. The number of benzene rings is 1. The average Bonchev–Trinajstić information content (AvgIpc) is 2.45. The molecule has 1 heterocycles. The van der Waals surface area contributed by atoms with Crippen LogP contribution in [0.25, 0.3) is 0 Å². The smallest absolute Gasteiger partial charge is 0.231 e. The predicted molar refractivity (Wildman–Crippen MR) is 85.0 cm³/mol. The number of rotatable bonds is 6. The van der Waals surface area contributed by atoms with E-state index in [1.807, 2.05) is 23.1 Å². The van der Waals surface area contributed by atoms with Gasteiger partial charge in [-0.2, -0.15) is 0 Å². The Labute approximate surface area is 131 Å². The van der Waals surface area contributed by atoms with Gasteiger partial charge in [-0.05, 0) is 36.5 Å². The van der Waals surface area contributed by atoms with E-state index in [0.717, 1.165) is 37.4 Å². The molecule has 1 saturated heterocycles. The van der Waals surface area contributed by atoms with E-state index >= 15 is 0 Å². The lowest BCUT2D eigenvalue weighted by atomic mass is 9.89. The first-order valence-corrected chi connectivity index (χ1v) is 7.49. The Morgan fingerprint density at radius 1 is 1.27 bits per heavy atom. The fourth-order valence-corrected chi connectivity index (χ4v) is 3.19. The summed E-state index contributed by atoms with van der Waals surface area (Å²) in [5.41, 5.74) is 12.6. The van der Waals surface area contributed by atoms with Gasteiger partial charge in [0.1, 0.15) is 0 Å². The second-order valence-electron chi connectivity index (χ2n) is 5.92. The molecule has 0 bridgehead atoms. The Hall–Kier alpha value is -1.79. The van der Waals surface area contributed by atoms with Crippen LogP contribution >= 0.6 is 0 Å². The number of likely N-dealkylation sites (tertiary alicyclic amines) is 1. The number of hydrogen-bond donors (Lipinski definition) is 2. The van der Waals surface area contributed by atoms with Gasteiger partial charge < -0.3 is 20.9 Å². The summed E-state index contributed by atoms with van der Waals surface area (Å²) in [6.07, 6.45) is 1.84. The summed E-state index contributed by atoms with van der Waals surface area (Å²) in [7, 11) is 3.26. The number of carbonyl (C=O) groups is 1. The number of carbonyl (C=O) groups excluding carboxylic acids is 1. The highest BCUT2D eigenvalue weighted by Gasteiger charge is 2.26. The number of piperidine rings is 1. The van der Waals surface area contributed by atoms with E-state index in [-0.39, 0.29) is 18.5 Å². The van der Waals surface area contributed by atoms with Crippen LogP contribution in [0.1, 0.15) is 12.0 Å². The van der Waals surface area contributed by atoms with Crippen LogP contribution in [0.5, 0.6) is 11.5 Å². The highest BCUT2D eigenvalue weighted by molar-refractivity contribution is 5.75. The van der Waals surface area contributed by atoms with Crippen molar-refractivity contribution in [1.29, 1.82) is 0 Å². The fraction of sp³-hybridized carbons (Fsp3) is 0.562. The van der Waals surface area contributed by atoms with Gasteiger partial charge in [-0.1, -0.05) is 6.07 Å². The third kappa shape index (κ3) is 4.35. The third-order valence-corrected chi connectivity index (χ3v) is 4.00. The Kier molecular flexibility index (Phi) is 5.63. The van der Waals surface area contributed by atoms with Crippen LogP contribution in [-0.2, 0) is 11.2 Å². The predicted octanol–water partition coefficient (Wildman–Crippen LogP) is 0.381. The molecule has 0 aliphatic carbocycles. The van der Waals surface area contributed by atoms with Crippen LogP contribution in [0, 0.1) is 5.92 Å². The minimum Gasteiger partial charge on any atom is -0.493 e. The number of primary amides is 1. The van der Waals surface area contributed by atoms with Gasteiger partial charge in [0.15, 0.2) is 11.5 Å². The number of nitrogens with zero attached hydrogens (tertiary/aromatic N) is 1. The summed E-state index contributed by atoms with van der Waals surface area (Å²) in [6, 6.07) is 6.04. The maximum Gasteiger partial charge on any atom is 0.231 e. The zero-order valence-electron chi connectivity index (χ0n) is 13.2. The lowest BCUT2D eigenvalue weighted by molar-refractivity contribution is -0.119. The Bertz CT molecular complexity index is 521. The summed E-state index contributed by atoms with van der Waals surface area (Å²) in [4.78, 5) is 13.1. The quantitative estimate of drug-likeness (QED) is 0.793. The molecule has 122 valence electrons. The molecule has 1 amide bonds. The van der Waals surface area contributed by atoms with Crippen molar-refractivity contribution in [3.05, 3.63) is 23.8 Å². The van der Waals surface area contributed by atoms with Crippen molar-refractivity contribution in [1.82, 2.24) is 4.90 Å². The van der Waals surface area contributed by atoms with Crippen LogP contribution in [0.3, 0.4) is 0 Å². The van der Waals surface area contributed by atoms with Gasteiger partial charge in [-0.25, -0.2) is 0 Å². The minimum absolute atomic E-state index is 0.0817. The molecule has 1 aliphatic rings. The highest BCUT2D eigenvalue weighted by atomic mass is 16.5. The van der Waals surface area contributed by atoms with Crippen molar-refractivity contribution in [2.75, 3.05) is 33.9 Å². The molecule has 4 N–H and O–H groups in total. The van der Waals surface area contributed by atoms with Gasteiger partial charge >= 0.3 is 0 Å². The van der Waals surface area contributed by atoms with Crippen molar-refractivity contribution in [3.63, 3.8) is 0 Å². The standard InChI is InChI=1S/C16H25N3O3/c1-21-14-4-3-11(7-15(14)22-2)5-12-6-13(17)9-19(8-12)10-16(18)20/h3-4,7,12-13H,5-6,8-10,17H2,1-2H3,(H2,18,20). The third-order valence-electron chi connectivity index (χ3n) is 4.00.